The predicted molar refractivity (Wildman–Crippen MR) is 108 cm³/mol. The minimum atomic E-state index is -0.282. The average Bonchev–Trinajstić information content (AvgIpc) is 3.14. The zero-order valence-electron chi connectivity index (χ0n) is 16.6. The summed E-state index contributed by atoms with van der Waals surface area (Å²) in [6.45, 7) is 1.51. The molecule has 0 saturated heterocycles. The van der Waals surface area contributed by atoms with Gasteiger partial charge in [0.15, 0.2) is 0 Å². The zero-order valence-corrected chi connectivity index (χ0v) is 16.6. The molecule has 0 amide bonds. The molecule has 1 atom stereocenters. The predicted octanol–water partition coefficient (Wildman–Crippen LogP) is 2.51. The fourth-order valence-electron chi connectivity index (χ4n) is 4.15. The van der Waals surface area contributed by atoms with Crippen molar-refractivity contribution in [1.82, 2.24) is 0 Å². The van der Waals surface area contributed by atoms with Crippen LogP contribution in [0.3, 0.4) is 0 Å². The smallest absolute Gasteiger partial charge is 0.336 e. The lowest BCUT2D eigenvalue weighted by Gasteiger charge is -2.17. The summed E-state index contributed by atoms with van der Waals surface area (Å²) < 4.78 is 16.3. The van der Waals surface area contributed by atoms with Gasteiger partial charge in [-0.15, -0.1) is 0 Å². The first kappa shape index (κ1) is 18.6. The Morgan fingerprint density at radius 2 is 1.71 bits per heavy atom. The zero-order chi connectivity index (χ0) is 19.7. The van der Waals surface area contributed by atoms with E-state index < -0.39 is 0 Å². The summed E-state index contributed by atoms with van der Waals surface area (Å²) in [5.41, 5.74) is 5.27. The number of hydrogen-bond donors (Lipinski definition) is 1. The third kappa shape index (κ3) is 3.62. The lowest BCUT2D eigenvalue weighted by atomic mass is 10.0. The van der Waals surface area contributed by atoms with Gasteiger partial charge in [-0.1, -0.05) is 0 Å². The van der Waals surface area contributed by atoms with Crippen LogP contribution >= 0.6 is 0 Å². The van der Waals surface area contributed by atoms with Crippen molar-refractivity contribution in [3.63, 3.8) is 0 Å². The number of nitrogens with one attached hydrogen (secondary N) is 1. The van der Waals surface area contributed by atoms with Crippen LogP contribution in [0, 0.1) is 0 Å². The Kier molecular flexibility index (Phi) is 5.09. The number of quaternary nitrogens is 1. The third-order valence-corrected chi connectivity index (χ3v) is 5.52. The van der Waals surface area contributed by atoms with Crippen LogP contribution in [0.4, 0.5) is 0 Å². The molecule has 1 aliphatic rings. The lowest BCUT2D eigenvalue weighted by Crippen LogP contribution is -3.06. The molecule has 4 rings (SSSR count). The van der Waals surface area contributed by atoms with Crippen molar-refractivity contribution in [3.05, 3.63) is 69.1 Å². The molecule has 0 fully saturated rings. The van der Waals surface area contributed by atoms with Gasteiger partial charge in [-0.25, -0.2) is 4.79 Å². The van der Waals surface area contributed by atoms with Gasteiger partial charge < -0.3 is 18.8 Å². The van der Waals surface area contributed by atoms with Crippen LogP contribution in [-0.4, -0.2) is 21.3 Å². The number of hydrogen-bond acceptors (Lipinski definition) is 4. The highest BCUT2D eigenvalue weighted by molar-refractivity contribution is 5.82. The Hall–Kier alpha value is -2.79. The van der Waals surface area contributed by atoms with E-state index in [2.05, 4.69) is 19.2 Å². The van der Waals surface area contributed by atoms with Crippen LogP contribution in [0.5, 0.6) is 11.5 Å². The maximum atomic E-state index is 12.1. The van der Waals surface area contributed by atoms with Crippen molar-refractivity contribution in [2.75, 3.05) is 21.3 Å². The third-order valence-electron chi connectivity index (χ3n) is 5.52. The van der Waals surface area contributed by atoms with E-state index >= 15 is 0 Å². The molecule has 28 heavy (non-hydrogen) atoms. The van der Waals surface area contributed by atoms with Crippen LogP contribution in [0.2, 0.25) is 0 Å². The van der Waals surface area contributed by atoms with Crippen molar-refractivity contribution in [3.8, 4) is 11.5 Å². The van der Waals surface area contributed by atoms with Crippen molar-refractivity contribution in [1.29, 1.82) is 0 Å². The molecule has 146 valence electrons. The molecule has 1 heterocycles. The number of ether oxygens (including phenoxy) is 2. The Morgan fingerprint density at radius 1 is 0.964 bits per heavy atom. The maximum Gasteiger partial charge on any atom is 0.336 e. The average molecular weight is 380 g/mol. The molecule has 1 unspecified atom stereocenters. The van der Waals surface area contributed by atoms with Gasteiger partial charge in [0.05, 0.1) is 21.3 Å². The lowest BCUT2D eigenvalue weighted by molar-refractivity contribution is -0.907. The molecule has 0 radical (unpaired) electrons. The number of methoxy groups -OCH3 is 2. The van der Waals surface area contributed by atoms with E-state index in [0.29, 0.717) is 5.58 Å². The van der Waals surface area contributed by atoms with Gasteiger partial charge in [-0.2, -0.15) is 0 Å². The first-order valence-electron chi connectivity index (χ1n) is 9.68. The van der Waals surface area contributed by atoms with Gasteiger partial charge in [-0.3, -0.25) is 0 Å². The van der Waals surface area contributed by atoms with Gasteiger partial charge >= 0.3 is 5.63 Å². The van der Waals surface area contributed by atoms with E-state index in [1.54, 1.807) is 20.3 Å². The van der Waals surface area contributed by atoms with Gasteiger partial charge in [-0.05, 0) is 54.7 Å². The minimum Gasteiger partial charge on any atom is -0.497 e. The van der Waals surface area contributed by atoms with Crippen LogP contribution in [0.15, 0.2) is 45.6 Å². The van der Waals surface area contributed by atoms with Crippen molar-refractivity contribution in [2.24, 2.45) is 0 Å². The highest BCUT2D eigenvalue weighted by Crippen LogP contribution is 2.28. The van der Waals surface area contributed by atoms with E-state index in [9.17, 15) is 4.79 Å². The minimum absolute atomic E-state index is 0.282. The molecular formula is C23H26NO4+. The van der Waals surface area contributed by atoms with Gasteiger partial charge in [0.25, 0.3) is 0 Å². The topological polar surface area (TPSA) is 53.1 Å². The quantitative estimate of drug-likeness (QED) is 0.668. The Morgan fingerprint density at radius 3 is 2.46 bits per heavy atom. The van der Waals surface area contributed by atoms with Crippen LogP contribution in [0.25, 0.3) is 11.0 Å². The fourth-order valence-corrected chi connectivity index (χ4v) is 4.15. The van der Waals surface area contributed by atoms with Crippen molar-refractivity contribution < 1.29 is 18.8 Å². The SMILES string of the molecule is COc1ccc(C[NH+](C)Cc2cc(=O)oc3cc4c(cc23)CCC4)c(OC)c1. The van der Waals surface area contributed by atoms with Crippen LogP contribution in [0.1, 0.15) is 28.7 Å². The first-order valence-corrected chi connectivity index (χ1v) is 9.68. The Balaban J connectivity index is 1.62. The Bertz CT molecular complexity index is 1070. The second-order valence-corrected chi connectivity index (χ2v) is 7.55. The van der Waals surface area contributed by atoms with E-state index in [1.165, 1.54) is 22.4 Å². The van der Waals surface area contributed by atoms with E-state index in [-0.39, 0.29) is 5.63 Å². The molecule has 1 aromatic heterocycles. The summed E-state index contributed by atoms with van der Waals surface area (Å²) in [4.78, 5) is 13.4. The standard InChI is InChI=1S/C23H25NO4/c1-24(13-17-7-8-19(26-2)12-21(17)27-3)14-18-11-23(25)28-22-10-16-6-4-5-15(16)9-20(18)22/h7-12H,4-6,13-14H2,1-3H3/p+1. The fraction of sp³-hybridized carbons (Fsp3) is 0.348. The van der Waals surface area contributed by atoms with Crippen LogP contribution < -0.4 is 20.0 Å². The molecule has 0 aliphatic heterocycles. The summed E-state index contributed by atoms with van der Waals surface area (Å²) in [6, 6.07) is 11.8. The molecule has 0 spiro atoms. The molecule has 1 N–H and O–H groups in total. The number of rotatable bonds is 6. The highest BCUT2D eigenvalue weighted by Gasteiger charge is 2.18. The second-order valence-electron chi connectivity index (χ2n) is 7.55. The normalized spacial score (nSPS) is 14.1. The van der Waals surface area contributed by atoms with E-state index in [0.717, 1.165) is 53.9 Å². The molecule has 5 nitrogen and oxygen atoms in total. The van der Waals surface area contributed by atoms with Gasteiger partial charge in [0.1, 0.15) is 30.2 Å². The molecule has 0 saturated carbocycles. The molecule has 2 aromatic carbocycles. The summed E-state index contributed by atoms with van der Waals surface area (Å²) in [5, 5.41) is 1.06. The largest absolute Gasteiger partial charge is 0.497 e. The van der Waals surface area contributed by atoms with E-state index in [4.69, 9.17) is 13.9 Å². The van der Waals surface area contributed by atoms with Gasteiger partial charge in [0.2, 0.25) is 0 Å². The summed E-state index contributed by atoms with van der Waals surface area (Å²) >= 11 is 0. The first-order chi connectivity index (χ1) is 13.6. The monoisotopic (exact) mass is 380 g/mol. The summed E-state index contributed by atoms with van der Waals surface area (Å²) in [7, 11) is 5.44. The Labute approximate surface area is 164 Å². The van der Waals surface area contributed by atoms with Gasteiger partial charge in [0, 0.05) is 28.6 Å². The van der Waals surface area contributed by atoms with Crippen molar-refractivity contribution in [2.45, 2.75) is 32.4 Å². The molecular weight excluding hydrogens is 354 g/mol. The number of fused-ring (bicyclic) bond motifs is 2. The summed E-state index contributed by atoms with van der Waals surface area (Å²) in [5.74, 6) is 1.59. The molecule has 0 bridgehead atoms. The van der Waals surface area contributed by atoms with Crippen molar-refractivity contribution >= 4 is 11.0 Å². The molecule has 5 heteroatoms. The number of aryl methyl sites for hydroxylation is 2. The number of benzene rings is 2. The van der Waals surface area contributed by atoms with Crippen LogP contribution in [-0.2, 0) is 25.9 Å². The molecule has 3 aromatic rings. The maximum absolute atomic E-state index is 12.1. The van der Waals surface area contributed by atoms with E-state index in [1.807, 2.05) is 18.2 Å². The second kappa shape index (κ2) is 7.68. The summed E-state index contributed by atoms with van der Waals surface area (Å²) in [6.07, 6.45) is 3.35. The highest BCUT2D eigenvalue weighted by atomic mass is 16.5. The molecule has 1 aliphatic carbocycles.